The molecule has 0 saturated heterocycles. The highest BCUT2D eigenvalue weighted by Gasteiger charge is 2.16. The van der Waals surface area contributed by atoms with Gasteiger partial charge in [-0.05, 0) is 24.3 Å². The van der Waals surface area contributed by atoms with Crippen molar-refractivity contribution < 1.29 is 4.74 Å². The van der Waals surface area contributed by atoms with Gasteiger partial charge in [0.15, 0.2) is 11.5 Å². The van der Waals surface area contributed by atoms with Crippen LogP contribution in [0.1, 0.15) is 0 Å². The van der Waals surface area contributed by atoms with Gasteiger partial charge >= 0.3 is 0 Å². The van der Waals surface area contributed by atoms with Crippen LogP contribution in [0, 0.1) is 0 Å². The van der Waals surface area contributed by atoms with Gasteiger partial charge in [0.25, 0.3) is 0 Å². The number of anilines is 3. The monoisotopic (exact) mass is 397 g/mol. The Labute approximate surface area is 172 Å². The number of nitrogens with zero attached hydrogens (tertiary/aromatic N) is 5. The Bertz CT molecular complexity index is 1390. The summed E-state index contributed by atoms with van der Waals surface area (Å²) in [5, 5.41) is 11.6. The fourth-order valence-corrected chi connectivity index (χ4v) is 3.82. The molecule has 0 spiro atoms. The van der Waals surface area contributed by atoms with E-state index in [0.29, 0.717) is 12.4 Å². The molecular weight excluding hydrogens is 378 g/mol. The van der Waals surface area contributed by atoms with E-state index in [-0.39, 0.29) is 0 Å². The van der Waals surface area contributed by atoms with Crippen LogP contribution in [0.25, 0.3) is 27.8 Å². The molecule has 3 aromatic heterocycles. The van der Waals surface area contributed by atoms with Crippen molar-refractivity contribution in [2.75, 3.05) is 30.4 Å². The number of hydrogen-bond donors (Lipinski definition) is 2. The molecule has 1 aliphatic heterocycles. The van der Waals surface area contributed by atoms with Gasteiger partial charge in [-0.1, -0.05) is 12.1 Å². The quantitative estimate of drug-likeness (QED) is 0.481. The summed E-state index contributed by atoms with van der Waals surface area (Å²) in [6.07, 6.45) is 7.50. The summed E-state index contributed by atoms with van der Waals surface area (Å²) >= 11 is 0. The van der Waals surface area contributed by atoms with Crippen LogP contribution in [0.15, 0.2) is 61.2 Å². The zero-order chi connectivity index (χ0) is 20.1. The minimum absolute atomic E-state index is 0.696. The van der Waals surface area contributed by atoms with Crippen molar-refractivity contribution in [1.29, 1.82) is 0 Å². The minimum Gasteiger partial charge on any atom is -0.490 e. The van der Waals surface area contributed by atoms with Gasteiger partial charge in [0, 0.05) is 42.3 Å². The molecule has 5 aromatic rings. The summed E-state index contributed by atoms with van der Waals surface area (Å²) in [7, 11) is 2.07. The normalized spacial score (nSPS) is 13.4. The van der Waals surface area contributed by atoms with Gasteiger partial charge < -0.3 is 19.4 Å². The predicted octanol–water partition coefficient (Wildman–Crippen LogP) is 3.84. The highest BCUT2D eigenvalue weighted by Crippen LogP contribution is 2.34. The van der Waals surface area contributed by atoms with E-state index >= 15 is 0 Å². The molecule has 6 rings (SSSR count). The van der Waals surface area contributed by atoms with Crippen molar-refractivity contribution >= 4 is 33.7 Å². The zero-order valence-corrected chi connectivity index (χ0v) is 16.3. The first-order valence-electron chi connectivity index (χ1n) is 9.77. The highest BCUT2D eigenvalue weighted by atomic mass is 16.5. The van der Waals surface area contributed by atoms with Crippen molar-refractivity contribution in [1.82, 2.24) is 24.6 Å². The van der Waals surface area contributed by atoms with Gasteiger partial charge in [-0.2, -0.15) is 5.10 Å². The fourth-order valence-electron chi connectivity index (χ4n) is 3.82. The molecule has 8 nitrogen and oxygen atoms in total. The lowest BCUT2D eigenvalue weighted by molar-refractivity contribution is 0.311. The largest absolute Gasteiger partial charge is 0.490 e. The third kappa shape index (κ3) is 2.73. The Morgan fingerprint density at radius 2 is 2.13 bits per heavy atom. The number of hydrogen-bond acceptors (Lipinski definition) is 6. The predicted molar refractivity (Wildman–Crippen MR) is 117 cm³/mol. The van der Waals surface area contributed by atoms with Gasteiger partial charge in [-0.3, -0.25) is 5.10 Å². The van der Waals surface area contributed by atoms with E-state index in [1.165, 1.54) is 0 Å². The number of nitrogens with one attached hydrogen (secondary N) is 2. The second kappa shape index (κ2) is 6.48. The summed E-state index contributed by atoms with van der Waals surface area (Å²) in [6.45, 7) is 1.57. The summed E-state index contributed by atoms with van der Waals surface area (Å²) in [5.74, 6) is 1.59. The van der Waals surface area contributed by atoms with Gasteiger partial charge in [-0.25, -0.2) is 9.97 Å². The van der Waals surface area contributed by atoms with Crippen LogP contribution < -0.4 is 15.0 Å². The fraction of sp³-hybridized carbons (Fsp3) is 0.136. The average Bonchev–Trinajstić information content (AvgIpc) is 3.43. The van der Waals surface area contributed by atoms with Crippen molar-refractivity contribution in [2.45, 2.75) is 0 Å². The Morgan fingerprint density at radius 3 is 3.10 bits per heavy atom. The Kier molecular flexibility index (Phi) is 3.64. The van der Waals surface area contributed by atoms with E-state index in [4.69, 9.17) is 9.72 Å². The Balaban J connectivity index is 1.43. The molecule has 4 heterocycles. The van der Waals surface area contributed by atoms with E-state index in [9.17, 15) is 0 Å². The first-order chi connectivity index (χ1) is 14.7. The maximum atomic E-state index is 5.75. The van der Waals surface area contributed by atoms with Crippen LogP contribution in [0.4, 0.5) is 17.2 Å². The molecule has 2 aromatic carbocycles. The molecular formula is C22H19N7O. The highest BCUT2D eigenvalue weighted by molar-refractivity contribution is 5.84. The molecule has 0 bridgehead atoms. The number of ether oxygens (including phenoxy) is 1. The second-order valence-electron chi connectivity index (χ2n) is 7.38. The number of aromatic amines is 1. The number of aromatic nitrogens is 5. The van der Waals surface area contributed by atoms with Gasteiger partial charge in [0.1, 0.15) is 12.4 Å². The molecule has 0 aliphatic carbocycles. The van der Waals surface area contributed by atoms with Crippen LogP contribution in [0.5, 0.6) is 5.75 Å². The van der Waals surface area contributed by atoms with E-state index in [1.54, 1.807) is 6.20 Å². The van der Waals surface area contributed by atoms with E-state index in [0.717, 1.165) is 51.5 Å². The topological polar surface area (TPSA) is 83.4 Å². The van der Waals surface area contributed by atoms with Crippen molar-refractivity contribution in [2.24, 2.45) is 0 Å². The molecule has 2 N–H and O–H groups in total. The van der Waals surface area contributed by atoms with E-state index < -0.39 is 0 Å². The van der Waals surface area contributed by atoms with Crippen LogP contribution in [-0.2, 0) is 0 Å². The van der Waals surface area contributed by atoms with Gasteiger partial charge in [0.2, 0.25) is 0 Å². The standard InChI is InChI=1S/C22H19N7O/c1-28-8-9-30-20-5-4-16(11-19(20)28)25-21-22-23-6-7-29(22)13-18(26-21)14-2-3-15-12-24-27-17(15)10-14/h2-7,10-13H,8-9H2,1H3,(H,24,27)(H,25,26). The Morgan fingerprint density at radius 1 is 1.17 bits per heavy atom. The summed E-state index contributed by atoms with van der Waals surface area (Å²) < 4.78 is 7.73. The summed E-state index contributed by atoms with van der Waals surface area (Å²) in [5.41, 5.74) is 5.59. The molecule has 0 amide bonds. The number of rotatable bonds is 3. The average molecular weight is 397 g/mol. The van der Waals surface area contributed by atoms with Crippen LogP contribution in [-0.4, -0.2) is 44.8 Å². The first-order valence-corrected chi connectivity index (χ1v) is 9.77. The number of fused-ring (bicyclic) bond motifs is 3. The SMILES string of the molecule is CN1CCOc2ccc(Nc3nc(-c4ccc5cn[nH]c5c4)cn4ccnc34)cc21. The minimum atomic E-state index is 0.696. The van der Waals surface area contributed by atoms with Crippen LogP contribution in [0.3, 0.4) is 0 Å². The van der Waals surface area contributed by atoms with E-state index in [1.807, 2.05) is 41.2 Å². The third-order valence-corrected chi connectivity index (χ3v) is 5.43. The molecule has 8 heteroatoms. The Hall–Kier alpha value is -4.07. The molecule has 148 valence electrons. The van der Waals surface area contributed by atoms with Crippen LogP contribution >= 0.6 is 0 Å². The van der Waals surface area contributed by atoms with Crippen LogP contribution in [0.2, 0.25) is 0 Å². The molecule has 0 atom stereocenters. The summed E-state index contributed by atoms with van der Waals surface area (Å²) in [6, 6.07) is 12.2. The zero-order valence-electron chi connectivity index (χ0n) is 16.3. The first kappa shape index (κ1) is 16.8. The summed E-state index contributed by atoms with van der Waals surface area (Å²) in [4.78, 5) is 11.6. The molecule has 1 aliphatic rings. The van der Waals surface area contributed by atoms with Crippen molar-refractivity contribution in [3.63, 3.8) is 0 Å². The van der Waals surface area contributed by atoms with Gasteiger partial charge in [0.05, 0.1) is 29.6 Å². The lowest BCUT2D eigenvalue weighted by Gasteiger charge is -2.28. The third-order valence-electron chi connectivity index (χ3n) is 5.43. The number of H-pyrrole nitrogens is 1. The molecule has 0 radical (unpaired) electrons. The lowest BCUT2D eigenvalue weighted by atomic mass is 10.1. The molecule has 0 fully saturated rings. The van der Waals surface area contributed by atoms with E-state index in [2.05, 4.69) is 50.6 Å². The lowest BCUT2D eigenvalue weighted by Crippen LogP contribution is -2.28. The molecule has 30 heavy (non-hydrogen) atoms. The number of imidazole rings is 1. The maximum Gasteiger partial charge on any atom is 0.180 e. The maximum absolute atomic E-state index is 5.75. The molecule has 0 saturated carbocycles. The van der Waals surface area contributed by atoms with Crippen molar-refractivity contribution in [3.05, 3.63) is 61.2 Å². The number of benzene rings is 2. The second-order valence-corrected chi connectivity index (χ2v) is 7.38. The smallest absolute Gasteiger partial charge is 0.180 e. The number of likely N-dealkylation sites (N-methyl/N-ethyl adjacent to an activating group) is 1. The molecule has 0 unspecified atom stereocenters. The van der Waals surface area contributed by atoms with Crippen molar-refractivity contribution in [3.8, 4) is 17.0 Å². The van der Waals surface area contributed by atoms with Gasteiger partial charge in [-0.15, -0.1) is 0 Å².